The number of fused-ring (bicyclic) bond motifs is 1. The molecule has 1 aromatic heterocycles. The van der Waals surface area contributed by atoms with Crippen molar-refractivity contribution in [2.24, 2.45) is 0 Å². The lowest BCUT2D eigenvalue weighted by Gasteiger charge is -2.33. The number of hydrogen-bond acceptors (Lipinski definition) is 4. The van der Waals surface area contributed by atoms with Gasteiger partial charge < -0.3 is 15.3 Å². The van der Waals surface area contributed by atoms with Crippen molar-refractivity contribution in [3.05, 3.63) is 30.6 Å². The molecule has 2 N–H and O–H groups in total. The van der Waals surface area contributed by atoms with Gasteiger partial charge in [-0.25, -0.2) is 14.8 Å². The number of amides is 1. The average molecular weight is 286 g/mol. The smallest absolute Gasteiger partial charge is 0.407 e. The summed E-state index contributed by atoms with van der Waals surface area (Å²) in [5.74, 6) is 0.761. The highest BCUT2D eigenvalue weighted by molar-refractivity contribution is 5.88. The number of carboxylic acid groups (broad SMARTS) is 1. The number of nitrogens with one attached hydrogen (secondary N) is 1. The van der Waals surface area contributed by atoms with Crippen LogP contribution in [0.1, 0.15) is 19.3 Å². The Morgan fingerprint density at radius 2 is 2.19 bits per heavy atom. The summed E-state index contributed by atoms with van der Waals surface area (Å²) in [6.07, 6.45) is 3.59. The summed E-state index contributed by atoms with van der Waals surface area (Å²) < 4.78 is 0. The molecule has 0 radical (unpaired) electrons. The van der Waals surface area contributed by atoms with Gasteiger partial charge in [-0.15, -0.1) is 0 Å². The number of benzene rings is 1. The second-order valence-electron chi connectivity index (χ2n) is 5.25. The van der Waals surface area contributed by atoms with Crippen LogP contribution in [0.3, 0.4) is 0 Å². The van der Waals surface area contributed by atoms with Crippen LogP contribution in [0.25, 0.3) is 10.9 Å². The monoisotopic (exact) mass is 286 g/mol. The first-order chi connectivity index (χ1) is 10.3. The Morgan fingerprint density at radius 3 is 3.05 bits per heavy atom. The third kappa shape index (κ3) is 2.89. The number of likely N-dealkylation sites (tertiary alicyclic amines) is 1. The number of piperidine rings is 1. The fraction of sp³-hybridized carbons (Fsp3) is 0.400. The summed E-state index contributed by atoms with van der Waals surface area (Å²) in [5.41, 5.74) is 0.883. The maximum absolute atomic E-state index is 11.3. The number of hydrogen-bond donors (Lipinski definition) is 2. The maximum atomic E-state index is 11.3. The maximum Gasteiger partial charge on any atom is 0.407 e. The number of rotatable bonds is 3. The van der Waals surface area contributed by atoms with E-state index in [9.17, 15) is 9.90 Å². The van der Waals surface area contributed by atoms with E-state index >= 15 is 0 Å². The zero-order chi connectivity index (χ0) is 14.7. The Kier molecular flexibility index (Phi) is 3.85. The normalized spacial score (nSPS) is 18.7. The standard InChI is InChI=1S/C15H18N4O2/c20-15(21)19-8-4-3-5-11(19)9-16-14-12-6-1-2-7-13(12)17-10-18-14/h1-2,6-7,10-11H,3-5,8-9H2,(H,20,21)(H,16,17,18)/t11-/m0/s1. The Bertz CT molecular complexity index is 641. The highest BCUT2D eigenvalue weighted by Gasteiger charge is 2.26. The van der Waals surface area contributed by atoms with Crippen molar-refractivity contribution in [2.75, 3.05) is 18.4 Å². The van der Waals surface area contributed by atoms with Crippen LogP contribution in [0.4, 0.5) is 10.6 Å². The van der Waals surface area contributed by atoms with E-state index in [4.69, 9.17) is 0 Å². The van der Waals surface area contributed by atoms with Crippen molar-refractivity contribution >= 4 is 22.8 Å². The molecule has 1 fully saturated rings. The van der Waals surface area contributed by atoms with Crippen molar-refractivity contribution in [3.63, 3.8) is 0 Å². The molecule has 2 aromatic rings. The third-order valence-electron chi connectivity index (χ3n) is 3.92. The first-order valence-corrected chi connectivity index (χ1v) is 7.19. The van der Waals surface area contributed by atoms with E-state index in [2.05, 4.69) is 15.3 Å². The molecule has 1 aromatic carbocycles. The van der Waals surface area contributed by atoms with Gasteiger partial charge in [0.05, 0.1) is 11.6 Å². The molecule has 0 bridgehead atoms. The van der Waals surface area contributed by atoms with E-state index in [1.165, 1.54) is 11.2 Å². The van der Waals surface area contributed by atoms with Crippen molar-refractivity contribution in [3.8, 4) is 0 Å². The molecule has 0 spiro atoms. The van der Waals surface area contributed by atoms with E-state index in [1.807, 2.05) is 24.3 Å². The van der Waals surface area contributed by atoms with Gasteiger partial charge in [-0.1, -0.05) is 12.1 Å². The van der Waals surface area contributed by atoms with Crippen LogP contribution in [0.15, 0.2) is 30.6 Å². The summed E-state index contributed by atoms with van der Waals surface area (Å²) in [5, 5.41) is 13.5. The molecule has 1 saturated heterocycles. The van der Waals surface area contributed by atoms with E-state index < -0.39 is 6.09 Å². The summed E-state index contributed by atoms with van der Waals surface area (Å²) in [6.45, 7) is 1.19. The minimum atomic E-state index is -0.839. The quantitative estimate of drug-likeness (QED) is 0.906. The molecule has 2 heterocycles. The molecule has 0 aliphatic carbocycles. The molecule has 0 saturated carbocycles. The van der Waals surface area contributed by atoms with E-state index in [-0.39, 0.29) is 6.04 Å². The van der Waals surface area contributed by atoms with Gasteiger partial charge >= 0.3 is 6.09 Å². The van der Waals surface area contributed by atoms with Crippen LogP contribution in [-0.4, -0.2) is 45.2 Å². The van der Waals surface area contributed by atoms with E-state index in [1.54, 1.807) is 0 Å². The van der Waals surface area contributed by atoms with Crippen LogP contribution in [0, 0.1) is 0 Å². The summed E-state index contributed by atoms with van der Waals surface area (Å²) in [7, 11) is 0. The number of nitrogens with zero attached hydrogens (tertiary/aromatic N) is 3. The molecule has 6 heteroatoms. The minimum absolute atomic E-state index is 0.00461. The van der Waals surface area contributed by atoms with Crippen molar-refractivity contribution in [1.29, 1.82) is 0 Å². The molecule has 1 amide bonds. The average Bonchev–Trinajstić information content (AvgIpc) is 2.53. The van der Waals surface area contributed by atoms with E-state index in [0.29, 0.717) is 13.1 Å². The van der Waals surface area contributed by atoms with Gasteiger partial charge in [0.15, 0.2) is 0 Å². The van der Waals surface area contributed by atoms with Crippen LogP contribution in [-0.2, 0) is 0 Å². The van der Waals surface area contributed by atoms with Gasteiger partial charge in [-0.2, -0.15) is 0 Å². The second kappa shape index (κ2) is 5.95. The van der Waals surface area contributed by atoms with Crippen LogP contribution in [0.5, 0.6) is 0 Å². The molecule has 3 rings (SSSR count). The molecule has 110 valence electrons. The molecule has 6 nitrogen and oxygen atoms in total. The highest BCUT2D eigenvalue weighted by atomic mass is 16.4. The zero-order valence-electron chi connectivity index (χ0n) is 11.7. The fourth-order valence-corrected chi connectivity index (χ4v) is 2.82. The summed E-state index contributed by atoms with van der Waals surface area (Å²) >= 11 is 0. The lowest BCUT2D eigenvalue weighted by molar-refractivity contribution is 0.110. The van der Waals surface area contributed by atoms with Crippen molar-refractivity contribution < 1.29 is 9.90 Å². The largest absolute Gasteiger partial charge is 0.465 e. The topological polar surface area (TPSA) is 78.4 Å². The van der Waals surface area contributed by atoms with Gasteiger partial charge in [0.2, 0.25) is 0 Å². The van der Waals surface area contributed by atoms with Crippen molar-refractivity contribution in [1.82, 2.24) is 14.9 Å². The number of anilines is 1. The Labute approximate surface area is 122 Å². The molecular formula is C15H18N4O2. The number of para-hydroxylation sites is 1. The molecule has 21 heavy (non-hydrogen) atoms. The Hall–Kier alpha value is -2.37. The summed E-state index contributed by atoms with van der Waals surface area (Å²) in [6, 6.07) is 7.79. The molecular weight excluding hydrogens is 268 g/mol. The van der Waals surface area contributed by atoms with Crippen LogP contribution < -0.4 is 5.32 Å². The van der Waals surface area contributed by atoms with Crippen LogP contribution in [0.2, 0.25) is 0 Å². The van der Waals surface area contributed by atoms with Gasteiger partial charge in [0, 0.05) is 18.5 Å². The van der Waals surface area contributed by atoms with Crippen LogP contribution >= 0.6 is 0 Å². The lowest BCUT2D eigenvalue weighted by Crippen LogP contribution is -2.46. The van der Waals surface area contributed by atoms with Gasteiger partial charge in [0.25, 0.3) is 0 Å². The Balaban J connectivity index is 1.75. The number of carbonyl (C=O) groups is 1. The molecule has 1 aliphatic heterocycles. The Morgan fingerprint density at radius 1 is 1.33 bits per heavy atom. The van der Waals surface area contributed by atoms with Gasteiger partial charge in [0.1, 0.15) is 12.1 Å². The van der Waals surface area contributed by atoms with Gasteiger partial charge in [-0.05, 0) is 31.4 Å². The highest BCUT2D eigenvalue weighted by Crippen LogP contribution is 2.21. The SMILES string of the molecule is O=C(O)N1CCCC[C@H]1CNc1ncnc2ccccc12. The predicted molar refractivity (Wildman–Crippen MR) is 80.4 cm³/mol. The first kappa shape index (κ1) is 13.6. The predicted octanol–water partition coefficient (Wildman–Crippen LogP) is 2.57. The first-order valence-electron chi connectivity index (χ1n) is 7.19. The fourth-order valence-electron chi connectivity index (χ4n) is 2.82. The summed E-state index contributed by atoms with van der Waals surface area (Å²) in [4.78, 5) is 21.3. The van der Waals surface area contributed by atoms with E-state index in [0.717, 1.165) is 36.0 Å². The third-order valence-corrected chi connectivity index (χ3v) is 3.92. The zero-order valence-corrected chi connectivity index (χ0v) is 11.7. The molecule has 1 atom stereocenters. The second-order valence-corrected chi connectivity index (χ2v) is 5.25. The van der Waals surface area contributed by atoms with Crippen molar-refractivity contribution in [2.45, 2.75) is 25.3 Å². The molecule has 0 unspecified atom stereocenters. The van der Waals surface area contributed by atoms with Gasteiger partial charge in [-0.3, -0.25) is 0 Å². The minimum Gasteiger partial charge on any atom is -0.465 e. The number of aromatic nitrogens is 2. The molecule has 1 aliphatic rings. The lowest BCUT2D eigenvalue weighted by atomic mass is 10.0.